The van der Waals surface area contributed by atoms with Crippen LogP contribution < -0.4 is 4.74 Å². The molecule has 1 rings (SSSR count). The number of nitrogens with zero attached hydrogens (tertiary/aromatic N) is 2. The highest BCUT2D eigenvalue weighted by molar-refractivity contribution is 5.20. The minimum atomic E-state index is 0.411. The highest BCUT2D eigenvalue weighted by Crippen LogP contribution is 2.23. The zero-order chi connectivity index (χ0) is 8.97. The molecule has 0 N–H and O–H groups in total. The van der Waals surface area contributed by atoms with E-state index in [9.17, 15) is 0 Å². The highest BCUT2D eigenvalue weighted by Gasteiger charge is 2.10. The third kappa shape index (κ3) is 1.72. The van der Waals surface area contributed by atoms with Crippen molar-refractivity contribution in [3.63, 3.8) is 0 Å². The van der Waals surface area contributed by atoms with Gasteiger partial charge < -0.3 is 4.74 Å². The van der Waals surface area contributed by atoms with Crippen molar-refractivity contribution in [2.45, 2.75) is 26.2 Å². The molecular formula is C9H14N2O. The minimum absolute atomic E-state index is 0.411. The summed E-state index contributed by atoms with van der Waals surface area (Å²) < 4.78 is 5.09. The first-order valence-electron chi connectivity index (χ1n) is 4.14. The molecular weight excluding hydrogens is 152 g/mol. The summed E-state index contributed by atoms with van der Waals surface area (Å²) in [6.45, 7) is 4.24. The van der Waals surface area contributed by atoms with Crippen LogP contribution in [-0.2, 0) is 0 Å². The Labute approximate surface area is 72.8 Å². The average Bonchev–Trinajstić information content (AvgIpc) is 2.16. The van der Waals surface area contributed by atoms with Crippen molar-refractivity contribution in [3.8, 4) is 5.88 Å². The van der Waals surface area contributed by atoms with E-state index in [1.54, 1.807) is 19.5 Å². The van der Waals surface area contributed by atoms with Crippen LogP contribution >= 0.6 is 0 Å². The second-order valence-corrected chi connectivity index (χ2v) is 2.76. The molecule has 3 heteroatoms. The Bertz CT molecular complexity index is 250. The largest absolute Gasteiger partial charge is 0.480 e. The first kappa shape index (κ1) is 8.97. The van der Waals surface area contributed by atoms with Crippen LogP contribution in [0, 0.1) is 0 Å². The van der Waals surface area contributed by atoms with Crippen molar-refractivity contribution >= 4 is 0 Å². The molecule has 3 nitrogen and oxygen atoms in total. The fourth-order valence-electron chi connectivity index (χ4n) is 1.02. The Morgan fingerprint density at radius 2 is 2.08 bits per heavy atom. The predicted molar refractivity (Wildman–Crippen MR) is 47.3 cm³/mol. The van der Waals surface area contributed by atoms with Crippen LogP contribution in [0.25, 0.3) is 0 Å². The van der Waals surface area contributed by atoms with Gasteiger partial charge in [-0.25, -0.2) is 4.98 Å². The standard InChI is InChI=1S/C9H14N2O/c1-4-7(2)8-9(12-3)11-6-5-10-8/h5-7H,4H2,1-3H3/t7-/m0/s1. The van der Waals surface area contributed by atoms with Gasteiger partial charge in [0.15, 0.2) is 0 Å². The third-order valence-electron chi connectivity index (χ3n) is 1.96. The van der Waals surface area contributed by atoms with Crippen LogP contribution in [-0.4, -0.2) is 17.1 Å². The maximum Gasteiger partial charge on any atom is 0.235 e. The fourth-order valence-corrected chi connectivity index (χ4v) is 1.02. The summed E-state index contributed by atoms with van der Waals surface area (Å²) in [5, 5.41) is 0. The molecule has 0 spiro atoms. The van der Waals surface area contributed by atoms with Crippen LogP contribution in [0.4, 0.5) is 0 Å². The lowest BCUT2D eigenvalue weighted by Gasteiger charge is -2.10. The number of aromatic nitrogens is 2. The monoisotopic (exact) mass is 166 g/mol. The molecule has 0 saturated heterocycles. The van der Waals surface area contributed by atoms with Crippen molar-refractivity contribution < 1.29 is 4.74 Å². The maximum absolute atomic E-state index is 5.09. The first-order valence-corrected chi connectivity index (χ1v) is 4.14. The molecule has 0 bridgehead atoms. The maximum atomic E-state index is 5.09. The Balaban J connectivity index is 2.96. The quantitative estimate of drug-likeness (QED) is 0.688. The van der Waals surface area contributed by atoms with Crippen LogP contribution in [0.3, 0.4) is 0 Å². The number of methoxy groups -OCH3 is 1. The smallest absolute Gasteiger partial charge is 0.235 e. The molecule has 0 aliphatic carbocycles. The summed E-state index contributed by atoms with van der Waals surface area (Å²) in [4.78, 5) is 8.31. The lowest BCUT2D eigenvalue weighted by Crippen LogP contribution is -2.01. The highest BCUT2D eigenvalue weighted by atomic mass is 16.5. The topological polar surface area (TPSA) is 35.0 Å². The van der Waals surface area contributed by atoms with Crippen molar-refractivity contribution in [1.29, 1.82) is 0 Å². The van der Waals surface area contributed by atoms with Gasteiger partial charge in [-0.3, -0.25) is 4.98 Å². The predicted octanol–water partition coefficient (Wildman–Crippen LogP) is 2.00. The SMILES string of the molecule is CC[C@H](C)c1nccnc1OC. The van der Waals surface area contributed by atoms with E-state index in [0.717, 1.165) is 12.1 Å². The molecule has 1 atom stereocenters. The van der Waals surface area contributed by atoms with Gasteiger partial charge in [-0.2, -0.15) is 0 Å². The van der Waals surface area contributed by atoms with Gasteiger partial charge in [0.2, 0.25) is 5.88 Å². The van der Waals surface area contributed by atoms with E-state index in [4.69, 9.17) is 4.74 Å². The Morgan fingerprint density at radius 1 is 1.42 bits per heavy atom. The Kier molecular flexibility index (Phi) is 3.02. The molecule has 0 aliphatic rings. The molecule has 66 valence electrons. The minimum Gasteiger partial charge on any atom is -0.480 e. The number of hydrogen-bond acceptors (Lipinski definition) is 3. The lowest BCUT2D eigenvalue weighted by molar-refractivity contribution is 0.384. The van der Waals surface area contributed by atoms with Gasteiger partial charge in [-0.1, -0.05) is 13.8 Å². The second kappa shape index (κ2) is 4.04. The van der Waals surface area contributed by atoms with Crippen molar-refractivity contribution in [2.24, 2.45) is 0 Å². The normalized spacial score (nSPS) is 12.6. The Hall–Kier alpha value is -1.12. The summed E-state index contributed by atoms with van der Waals surface area (Å²) in [6.07, 6.45) is 4.39. The summed E-state index contributed by atoms with van der Waals surface area (Å²) in [6, 6.07) is 0. The number of hydrogen-bond donors (Lipinski definition) is 0. The average molecular weight is 166 g/mol. The van der Waals surface area contributed by atoms with Gasteiger partial charge in [0.05, 0.1) is 7.11 Å². The van der Waals surface area contributed by atoms with E-state index >= 15 is 0 Å². The molecule has 0 aromatic carbocycles. The Morgan fingerprint density at radius 3 is 2.67 bits per heavy atom. The molecule has 1 heterocycles. The van der Waals surface area contributed by atoms with Gasteiger partial charge in [0.1, 0.15) is 5.69 Å². The van der Waals surface area contributed by atoms with E-state index in [1.807, 2.05) is 0 Å². The van der Waals surface area contributed by atoms with Crippen LogP contribution in [0.15, 0.2) is 12.4 Å². The van der Waals surface area contributed by atoms with Gasteiger partial charge in [0.25, 0.3) is 0 Å². The zero-order valence-corrected chi connectivity index (χ0v) is 7.74. The molecule has 1 aromatic heterocycles. The van der Waals surface area contributed by atoms with E-state index in [2.05, 4.69) is 23.8 Å². The van der Waals surface area contributed by atoms with E-state index in [-0.39, 0.29) is 0 Å². The number of ether oxygens (including phenoxy) is 1. The molecule has 0 aliphatic heterocycles. The van der Waals surface area contributed by atoms with Crippen molar-refractivity contribution in [1.82, 2.24) is 9.97 Å². The number of rotatable bonds is 3. The molecule has 0 radical (unpaired) electrons. The summed E-state index contributed by atoms with van der Waals surface area (Å²) in [5.41, 5.74) is 0.947. The van der Waals surface area contributed by atoms with Crippen LogP contribution in [0.1, 0.15) is 31.9 Å². The molecule has 1 aromatic rings. The van der Waals surface area contributed by atoms with Crippen LogP contribution in [0.2, 0.25) is 0 Å². The molecule has 12 heavy (non-hydrogen) atoms. The molecule has 0 fully saturated rings. The first-order chi connectivity index (χ1) is 5.79. The van der Waals surface area contributed by atoms with Crippen molar-refractivity contribution in [2.75, 3.05) is 7.11 Å². The van der Waals surface area contributed by atoms with Crippen molar-refractivity contribution in [3.05, 3.63) is 18.1 Å². The van der Waals surface area contributed by atoms with Gasteiger partial charge in [-0.15, -0.1) is 0 Å². The van der Waals surface area contributed by atoms with E-state index in [1.165, 1.54) is 0 Å². The second-order valence-electron chi connectivity index (χ2n) is 2.76. The lowest BCUT2D eigenvalue weighted by atomic mass is 10.1. The fraction of sp³-hybridized carbons (Fsp3) is 0.556. The third-order valence-corrected chi connectivity index (χ3v) is 1.96. The van der Waals surface area contributed by atoms with Crippen LogP contribution in [0.5, 0.6) is 5.88 Å². The molecule has 0 amide bonds. The van der Waals surface area contributed by atoms with Gasteiger partial charge in [-0.05, 0) is 6.42 Å². The van der Waals surface area contributed by atoms with E-state index < -0.39 is 0 Å². The van der Waals surface area contributed by atoms with Gasteiger partial charge in [0, 0.05) is 18.3 Å². The summed E-state index contributed by atoms with van der Waals surface area (Å²) in [7, 11) is 1.62. The molecule has 0 saturated carbocycles. The zero-order valence-electron chi connectivity index (χ0n) is 7.74. The summed E-state index contributed by atoms with van der Waals surface area (Å²) in [5.74, 6) is 1.06. The van der Waals surface area contributed by atoms with E-state index in [0.29, 0.717) is 11.8 Å². The molecule has 0 unspecified atom stereocenters. The van der Waals surface area contributed by atoms with Gasteiger partial charge >= 0.3 is 0 Å². The summed E-state index contributed by atoms with van der Waals surface area (Å²) >= 11 is 0.